The summed E-state index contributed by atoms with van der Waals surface area (Å²) in [7, 11) is 3.10. The molecule has 0 aliphatic heterocycles. The van der Waals surface area contributed by atoms with E-state index in [1.807, 2.05) is 6.92 Å². The van der Waals surface area contributed by atoms with Gasteiger partial charge in [-0.3, -0.25) is 0 Å². The highest BCUT2D eigenvalue weighted by atomic mass is 35.5. The zero-order valence-corrected chi connectivity index (χ0v) is 9.61. The van der Waals surface area contributed by atoms with E-state index in [0.717, 1.165) is 5.56 Å². The Morgan fingerprint density at radius 1 is 1.47 bits per heavy atom. The van der Waals surface area contributed by atoms with Crippen LogP contribution in [-0.2, 0) is 0 Å². The van der Waals surface area contributed by atoms with Crippen LogP contribution in [-0.4, -0.2) is 20.2 Å². The second-order valence-electron chi connectivity index (χ2n) is 3.01. The van der Waals surface area contributed by atoms with Crippen LogP contribution in [0.3, 0.4) is 0 Å². The van der Waals surface area contributed by atoms with Crippen molar-refractivity contribution >= 4 is 23.3 Å². The predicted molar refractivity (Wildman–Crippen MR) is 60.8 cm³/mol. The molecule has 0 saturated heterocycles. The Kier molecular flexibility index (Phi) is 3.80. The van der Waals surface area contributed by atoms with E-state index in [2.05, 4.69) is 10.6 Å². The van der Waals surface area contributed by atoms with Gasteiger partial charge in [0.25, 0.3) is 0 Å². The van der Waals surface area contributed by atoms with Crippen LogP contribution in [0.25, 0.3) is 0 Å². The largest absolute Gasteiger partial charge is 0.495 e. The lowest BCUT2D eigenvalue weighted by Gasteiger charge is -2.11. The molecule has 0 heterocycles. The lowest BCUT2D eigenvalue weighted by Crippen LogP contribution is -2.24. The van der Waals surface area contributed by atoms with Gasteiger partial charge in [0.05, 0.1) is 12.1 Å². The van der Waals surface area contributed by atoms with Crippen molar-refractivity contribution in [2.24, 2.45) is 0 Å². The summed E-state index contributed by atoms with van der Waals surface area (Å²) in [6.45, 7) is 1.87. The Morgan fingerprint density at radius 2 is 2.13 bits per heavy atom. The molecule has 0 bridgehead atoms. The first kappa shape index (κ1) is 11.7. The predicted octanol–water partition coefficient (Wildman–Crippen LogP) is 2.41. The normalized spacial score (nSPS) is 9.60. The highest BCUT2D eigenvalue weighted by molar-refractivity contribution is 6.32. The average Bonchev–Trinajstić information content (AvgIpc) is 2.22. The van der Waals surface area contributed by atoms with Gasteiger partial charge in [0.15, 0.2) is 0 Å². The van der Waals surface area contributed by atoms with Crippen LogP contribution in [0.1, 0.15) is 5.56 Å². The molecule has 1 aromatic rings. The number of ether oxygens (including phenoxy) is 1. The Bertz CT molecular complexity index is 380. The van der Waals surface area contributed by atoms with E-state index in [1.165, 1.54) is 0 Å². The van der Waals surface area contributed by atoms with Crippen molar-refractivity contribution in [1.82, 2.24) is 5.32 Å². The quantitative estimate of drug-likeness (QED) is 0.817. The van der Waals surface area contributed by atoms with E-state index in [-0.39, 0.29) is 6.03 Å². The van der Waals surface area contributed by atoms with Gasteiger partial charge in [-0.1, -0.05) is 11.6 Å². The number of urea groups is 1. The molecule has 0 atom stereocenters. The fourth-order valence-corrected chi connectivity index (χ4v) is 1.37. The minimum atomic E-state index is -0.278. The number of benzene rings is 1. The molecular formula is C10H13ClN2O2. The van der Waals surface area contributed by atoms with Gasteiger partial charge in [0.2, 0.25) is 0 Å². The maximum absolute atomic E-state index is 11.1. The van der Waals surface area contributed by atoms with Crippen molar-refractivity contribution in [3.05, 3.63) is 22.7 Å². The van der Waals surface area contributed by atoms with Gasteiger partial charge in [-0.2, -0.15) is 0 Å². The van der Waals surface area contributed by atoms with E-state index in [9.17, 15) is 4.79 Å². The summed E-state index contributed by atoms with van der Waals surface area (Å²) < 4.78 is 5.05. The Hall–Kier alpha value is -1.42. The van der Waals surface area contributed by atoms with Crippen molar-refractivity contribution in [2.45, 2.75) is 6.92 Å². The van der Waals surface area contributed by atoms with Crippen molar-refractivity contribution < 1.29 is 9.53 Å². The fraction of sp³-hybridized carbons (Fsp3) is 0.300. The third-order valence-electron chi connectivity index (χ3n) is 1.97. The number of carbonyl (C=O) groups is 1. The van der Waals surface area contributed by atoms with Crippen molar-refractivity contribution in [2.75, 3.05) is 19.5 Å². The van der Waals surface area contributed by atoms with E-state index < -0.39 is 0 Å². The summed E-state index contributed by atoms with van der Waals surface area (Å²) in [5.41, 5.74) is 1.56. The van der Waals surface area contributed by atoms with Crippen LogP contribution in [0.5, 0.6) is 5.75 Å². The highest BCUT2D eigenvalue weighted by Crippen LogP contribution is 2.30. The second-order valence-corrected chi connectivity index (χ2v) is 3.41. The molecule has 0 saturated carbocycles. The Balaban J connectivity index is 3.00. The summed E-state index contributed by atoms with van der Waals surface area (Å²) in [6.07, 6.45) is 0. The molecule has 1 aromatic carbocycles. The highest BCUT2D eigenvalue weighted by Gasteiger charge is 2.07. The maximum atomic E-state index is 11.1. The minimum Gasteiger partial charge on any atom is -0.495 e. The molecule has 82 valence electrons. The molecule has 0 aliphatic rings. The standard InChI is InChI=1S/C10H13ClN2O2/c1-6-4-9(15-3)7(11)5-8(6)13-10(14)12-2/h4-5H,1-3H3,(H2,12,13,14). The lowest BCUT2D eigenvalue weighted by atomic mass is 10.2. The molecule has 0 aromatic heterocycles. The number of rotatable bonds is 2. The van der Waals surface area contributed by atoms with E-state index in [0.29, 0.717) is 16.5 Å². The Morgan fingerprint density at radius 3 is 2.67 bits per heavy atom. The van der Waals surface area contributed by atoms with Gasteiger partial charge in [-0.15, -0.1) is 0 Å². The monoisotopic (exact) mass is 228 g/mol. The molecule has 2 amide bonds. The molecule has 0 unspecified atom stereocenters. The van der Waals surface area contributed by atoms with Crippen LogP contribution < -0.4 is 15.4 Å². The van der Waals surface area contributed by atoms with E-state index in [4.69, 9.17) is 16.3 Å². The molecule has 1 rings (SSSR count). The third-order valence-corrected chi connectivity index (χ3v) is 2.27. The molecule has 0 spiro atoms. The number of hydrogen-bond donors (Lipinski definition) is 2. The Labute approximate surface area is 93.6 Å². The molecule has 2 N–H and O–H groups in total. The van der Waals surface area contributed by atoms with Gasteiger partial charge in [0, 0.05) is 12.7 Å². The number of halogens is 1. The lowest BCUT2D eigenvalue weighted by molar-refractivity contribution is 0.254. The van der Waals surface area contributed by atoms with Crippen LogP contribution in [0, 0.1) is 6.92 Å². The van der Waals surface area contributed by atoms with Crippen molar-refractivity contribution in [1.29, 1.82) is 0 Å². The number of aryl methyl sites for hydroxylation is 1. The van der Waals surface area contributed by atoms with Crippen LogP contribution in [0.2, 0.25) is 5.02 Å². The fourth-order valence-electron chi connectivity index (χ4n) is 1.13. The summed E-state index contributed by atoms with van der Waals surface area (Å²) in [5, 5.41) is 5.59. The number of hydrogen-bond acceptors (Lipinski definition) is 2. The van der Waals surface area contributed by atoms with Gasteiger partial charge >= 0.3 is 6.03 Å². The van der Waals surface area contributed by atoms with Gasteiger partial charge in [0.1, 0.15) is 5.75 Å². The third kappa shape index (κ3) is 2.76. The first-order valence-electron chi connectivity index (χ1n) is 4.41. The number of amides is 2. The topological polar surface area (TPSA) is 50.4 Å². The number of methoxy groups -OCH3 is 1. The van der Waals surface area contributed by atoms with Crippen molar-refractivity contribution in [3.8, 4) is 5.75 Å². The SMILES string of the molecule is CNC(=O)Nc1cc(Cl)c(OC)cc1C. The summed E-state index contributed by atoms with van der Waals surface area (Å²) in [5.74, 6) is 0.594. The van der Waals surface area contributed by atoms with Crippen LogP contribution >= 0.6 is 11.6 Å². The molecule has 0 fully saturated rings. The van der Waals surface area contributed by atoms with Gasteiger partial charge in [-0.05, 0) is 24.6 Å². The first-order valence-corrected chi connectivity index (χ1v) is 4.79. The van der Waals surface area contributed by atoms with Gasteiger partial charge in [-0.25, -0.2) is 4.79 Å². The van der Waals surface area contributed by atoms with E-state index in [1.54, 1.807) is 26.3 Å². The zero-order chi connectivity index (χ0) is 11.4. The molecule has 4 nitrogen and oxygen atoms in total. The van der Waals surface area contributed by atoms with Crippen LogP contribution in [0.4, 0.5) is 10.5 Å². The number of anilines is 1. The smallest absolute Gasteiger partial charge is 0.318 e. The molecule has 5 heteroatoms. The van der Waals surface area contributed by atoms with E-state index >= 15 is 0 Å². The maximum Gasteiger partial charge on any atom is 0.318 e. The van der Waals surface area contributed by atoms with Crippen LogP contribution in [0.15, 0.2) is 12.1 Å². The molecule has 0 radical (unpaired) electrons. The molecule has 15 heavy (non-hydrogen) atoms. The summed E-state index contributed by atoms with van der Waals surface area (Å²) in [4.78, 5) is 11.1. The minimum absolute atomic E-state index is 0.278. The number of nitrogens with one attached hydrogen (secondary N) is 2. The first-order chi connectivity index (χ1) is 7.08. The summed E-state index contributed by atoms with van der Waals surface area (Å²) in [6, 6.07) is 3.15. The summed E-state index contributed by atoms with van der Waals surface area (Å²) >= 11 is 5.93. The van der Waals surface area contributed by atoms with Gasteiger partial charge < -0.3 is 15.4 Å². The second kappa shape index (κ2) is 4.89. The van der Waals surface area contributed by atoms with Crippen molar-refractivity contribution in [3.63, 3.8) is 0 Å². The number of carbonyl (C=O) groups excluding carboxylic acids is 1. The zero-order valence-electron chi connectivity index (χ0n) is 8.85. The molecule has 0 aliphatic carbocycles. The molecular weight excluding hydrogens is 216 g/mol. The average molecular weight is 229 g/mol.